The van der Waals surface area contributed by atoms with Gasteiger partial charge in [0.2, 0.25) is 5.91 Å². The second-order valence-corrected chi connectivity index (χ2v) is 4.63. The van der Waals surface area contributed by atoms with E-state index in [0.29, 0.717) is 0 Å². The quantitative estimate of drug-likeness (QED) is 0.737. The fourth-order valence-electron chi connectivity index (χ4n) is 1.96. The van der Waals surface area contributed by atoms with Gasteiger partial charge in [-0.2, -0.15) is 0 Å². The van der Waals surface area contributed by atoms with Crippen LogP contribution in [0.15, 0.2) is 36.4 Å². The van der Waals surface area contributed by atoms with Crippen molar-refractivity contribution in [3.05, 3.63) is 47.5 Å². The number of benzene rings is 1. The highest BCUT2D eigenvalue weighted by molar-refractivity contribution is 5.88. The Bertz CT molecular complexity index is 413. The summed E-state index contributed by atoms with van der Waals surface area (Å²) >= 11 is 0. The van der Waals surface area contributed by atoms with Gasteiger partial charge in [0, 0.05) is 25.7 Å². The zero-order chi connectivity index (χ0) is 12.3. The molecule has 1 heterocycles. The van der Waals surface area contributed by atoms with Crippen LogP contribution in [0.5, 0.6) is 0 Å². The molecule has 0 aliphatic carbocycles. The molecule has 17 heavy (non-hydrogen) atoms. The maximum Gasteiger partial charge on any atom is 0.246 e. The molecule has 1 aromatic rings. The van der Waals surface area contributed by atoms with Crippen LogP contribution in [-0.2, 0) is 17.9 Å². The van der Waals surface area contributed by atoms with Gasteiger partial charge in [0.05, 0.1) is 0 Å². The highest BCUT2D eigenvalue weighted by Crippen LogP contribution is 2.22. The lowest BCUT2D eigenvalue weighted by Crippen LogP contribution is -2.23. The van der Waals surface area contributed by atoms with Crippen LogP contribution in [0.3, 0.4) is 0 Å². The average molecular weight is 230 g/mol. The van der Waals surface area contributed by atoms with Crippen molar-refractivity contribution in [1.29, 1.82) is 0 Å². The molecule has 3 nitrogen and oxygen atoms in total. The molecule has 0 unspecified atom stereocenters. The van der Waals surface area contributed by atoms with Crippen molar-refractivity contribution in [2.75, 3.05) is 20.6 Å². The minimum atomic E-state index is 0.100. The molecule has 0 spiro atoms. The van der Waals surface area contributed by atoms with E-state index in [0.717, 1.165) is 19.6 Å². The van der Waals surface area contributed by atoms with Crippen LogP contribution in [-0.4, -0.2) is 36.3 Å². The van der Waals surface area contributed by atoms with Gasteiger partial charge < -0.3 is 9.80 Å². The van der Waals surface area contributed by atoms with Crippen molar-refractivity contribution in [2.24, 2.45) is 0 Å². The molecule has 0 atom stereocenters. The van der Waals surface area contributed by atoms with Crippen LogP contribution < -0.4 is 0 Å². The number of likely N-dealkylation sites (N-methyl/N-ethyl adjacent to an activating group) is 1. The summed E-state index contributed by atoms with van der Waals surface area (Å²) in [7, 11) is 3.97. The average Bonchev–Trinajstić information content (AvgIpc) is 2.71. The number of hydrogen-bond acceptors (Lipinski definition) is 2. The van der Waals surface area contributed by atoms with Gasteiger partial charge in [-0.1, -0.05) is 30.3 Å². The molecule has 1 amide bonds. The van der Waals surface area contributed by atoms with E-state index in [1.165, 1.54) is 11.1 Å². The van der Waals surface area contributed by atoms with Crippen LogP contribution in [0.4, 0.5) is 0 Å². The normalized spacial score (nSPS) is 14.6. The first-order valence-corrected chi connectivity index (χ1v) is 5.84. The summed E-state index contributed by atoms with van der Waals surface area (Å²) in [6.07, 6.45) is 3.58. The molecule has 3 heteroatoms. The van der Waals surface area contributed by atoms with Gasteiger partial charge in [0.25, 0.3) is 0 Å². The lowest BCUT2D eigenvalue weighted by Gasteiger charge is -2.12. The van der Waals surface area contributed by atoms with Crippen molar-refractivity contribution < 1.29 is 4.79 Å². The third-order valence-corrected chi connectivity index (χ3v) is 2.88. The Morgan fingerprint density at radius 3 is 2.41 bits per heavy atom. The van der Waals surface area contributed by atoms with E-state index < -0.39 is 0 Å². The molecule has 0 bridgehead atoms. The van der Waals surface area contributed by atoms with Crippen molar-refractivity contribution in [3.8, 4) is 0 Å². The maximum absolute atomic E-state index is 11.9. The van der Waals surface area contributed by atoms with Gasteiger partial charge in [-0.15, -0.1) is 0 Å². The first kappa shape index (κ1) is 11.9. The highest BCUT2D eigenvalue weighted by Gasteiger charge is 2.20. The maximum atomic E-state index is 11.9. The molecule has 90 valence electrons. The third-order valence-electron chi connectivity index (χ3n) is 2.88. The summed E-state index contributed by atoms with van der Waals surface area (Å²) in [6, 6.07) is 8.22. The molecule has 0 aromatic heterocycles. The van der Waals surface area contributed by atoms with Gasteiger partial charge in [-0.25, -0.2) is 0 Å². The van der Waals surface area contributed by atoms with E-state index >= 15 is 0 Å². The van der Waals surface area contributed by atoms with Gasteiger partial charge in [0.1, 0.15) is 0 Å². The fourth-order valence-corrected chi connectivity index (χ4v) is 1.96. The topological polar surface area (TPSA) is 23.6 Å². The van der Waals surface area contributed by atoms with E-state index in [9.17, 15) is 4.79 Å². The zero-order valence-electron chi connectivity index (χ0n) is 10.4. The number of carbonyl (C=O) groups is 1. The van der Waals surface area contributed by atoms with Crippen molar-refractivity contribution in [3.63, 3.8) is 0 Å². The molecule has 1 aliphatic rings. The smallest absolute Gasteiger partial charge is 0.246 e. The van der Waals surface area contributed by atoms with Gasteiger partial charge >= 0.3 is 0 Å². The summed E-state index contributed by atoms with van der Waals surface area (Å²) in [5.74, 6) is 0.100. The first-order chi connectivity index (χ1) is 8.16. The SMILES string of the molecule is CN(C)C/C=C/C(=O)N1Cc2ccccc2C1. The second kappa shape index (κ2) is 5.15. The standard InChI is InChI=1S/C14H18N2O/c1-15(2)9-5-8-14(17)16-10-12-6-3-4-7-13(12)11-16/h3-8H,9-11H2,1-2H3/b8-5+. The van der Waals surface area contributed by atoms with Crippen LogP contribution >= 0.6 is 0 Å². The van der Waals surface area contributed by atoms with E-state index in [1.54, 1.807) is 6.08 Å². The van der Waals surface area contributed by atoms with E-state index in [-0.39, 0.29) is 5.91 Å². The molecular formula is C14H18N2O. The fraction of sp³-hybridized carbons (Fsp3) is 0.357. The number of hydrogen-bond donors (Lipinski definition) is 0. The Morgan fingerprint density at radius 2 is 1.88 bits per heavy atom. The molecular weight excluding hydrogens is 212 g/mol. The lowest BCUT2D eigenvalue weighted by atomic mass is 10.1. The number of fused-ring (bicyclic) bond motifs is 1. The second-order valence-electron chi connectivity index (χ2n) is 4.63. The largest absolute Gasteiger partial charge is 0.330 e. The minimum Gasteiger partial charge on any atom is -0.330 e. The molecule has 0 N–H and O–H groups in total. The minimum absolute atomic E-state index is 0.100. The summed E-state index contributed by atoms with van der Waals surface area (Å²) in [4.78, 5) is 15.8. The number of carbonyl (C=O) groups excluding carboxylic acids is 1. The van der Waals surface area contributed by atoms with Crippen LogP contribution in [0.1, 0.15) is 11.1 Å². The summed E-state index contributed by atoms with van der Waals surface area (Å²) in [5.41, 5.74) is 2.53. The zero-order valence-corrected chi connectivity index (χ0v) is 10.4. The molecule has 0 fully saturated rings. The number of rotatable bonds is 3. The molecule has 1 aliphatic heterocycles. The van der Waals surface area contributed by atoms with E-state index in [1.807, 2.05) is 42.1 Å². The number of nitrogens with zero attached hydrogens (tertiary/aromatic N) is 2. The van der Waals surface area contributed by atoms with Gasteiger partial charge in [0.15, 0.2) is 0 Å². The van der Waals surface area contributed by atoms with E-state index in [4.69, 9.17) is 0 Å². The van der Waals surface area contributed by atoms with Crippen LogP contribution in [0.25, 0.3) is 0 Å². The van der Waals surface area contributed by atoms with Gasteiger partial charge in [-0.3, -0.25) is 4.79 Å². The summed E-state index contributed by atoms with van der Waals surface area (Å²) < 4.78 is 0. The molecule has 1 aromatic carbocycles. The summed E-state index contributed by atoms with van der Waals surface area (Å²) in [6.45, 7) is 2.27. The predicted octanol–water partition coefficient (Wildman–Crippen LogP) is 1.65. The number of amides is 1. The summed E-state index contributed by atoms with van der Waals surface area (Å²) in [5, 5.41) is 0. The Labute approximate surface area is 102 Å². The van der Waals surface area contributed by atoms with Crippen molar-refractivity contribution >= 4 is 5.91 Å². The monoisotopic (exact) mass is 230 g/mol. The predicted molar refractivity (Wildman–Crippen MR) is 68.4 cm³/mol. The Balaban J connectivity index is 1.94. The molecule has 2 rings (SSSR count). The highest BCUT2D eigenvalue weighted by atomic mass is 16.2. The van der Waals surface area contributed by atoms with E-state index in [2.05, 4.69) is 12.1 Å². The third kappa shape index (κ3) is 2.94. The Morgan fingerprint density at radius 1 is 1.29 bits per heavy atom. The lowest BCUT2D eigenvalue weighted by molar-refractivity contribution is -0.126. The molecule has 0 saturated carbocycles. The van der Waals surface area contributed by atoms with Crippen molar-refractivity contribution in [2.45, 2.75) is 13.1 Å². The van der Waals surface area contributed by atoms with Crippen LogP contribution in [0.2, 0.25) is 0 Å². The molecule has 0 radical (unpaired) electrons. The van der Waals surface area contributed by atoms with Crippen molar-refractivity contribution in [1.82, 2.24) is 9.80 Å². The Hall–Kier alpha value is -1.61. The molecule has 0 saturated heterocycles. The van der Waals surface area contributed by atoms with Gasteiger partial charge in [-0.05, 0) is 25.2 Å². The van der Waals surface area contributed by atoms with Crippen LogP contribution in [0, 0.1) is 0 Å². The first-order valence-electron chi connectivity index (χ1n) is 5.84. The Kier molecular flexibility index (Phi) is 3.59.